The fourth-order valence-electron chi connectivity index (χ4n) is 3.15. The van der Waals surface area contributed by atoms with Crippen LogP contribution in [0, 0.1) is 11.3 Å². The van der Waals surface area contributed by atoms with Crippen LogP contribution in [0.1, 0.15) is 37.6 Å². The Balaban J connectivity index is 1.92. The first kappa shape index (κ1) is 17.6. The van der Waals surface area contributed by atoms with E-state index in [0.29, 0.717) is 18.9 Å². The zero-order chi connectivity index (χ0) is 18.0. The summed E-state index contributed by atoms with van der Waals surface area (Å²) in [5, 5.41) is 20.4. The Morgan fingerprint density at radius 1 is 1.40 bits per heavy atom. The lowest BCUT2D eigenvalue weighted by Gasteiger charge is -2.26. The molecule has 0 amide bonds. The van der Waals surface area contributed by atoms with Crippen molar-refractivity contribution in [1.82, 2.24) is 4.98 Å². The molecule has 5 nitrogen and oxygen atoms in total. The Morgan fingerprint density at radius 2 is 2.16 bits per heavy atom. The standard InChI is InChI=1S/C20H23NO4/c1-13(22)17-6-5-15-4-3-14(11-18(15)21-17)7-9-20(2,19(23)24)16-8-10-25-12-16/h3-7,9,11,13,16,22H,8,10,12H2,1-2H3,(H,23,24)/t13-,16?,20?/m1/s1. The summed E-state index contributed by atoms with van der Waals surface area (Å²) in [5.74, 6) is -0.865. The van der Waals surface area contributed by atoms with Crippen molar-refractivity contribution in [2.45, 2.75) is 26.4 Å². The first-order valence-electron chi connectivity index (χ1n) is 8.49. The summed E-state index contributed by atoms with van der Waals surface area (Å²) in [6.45, 7) is 4.52. The topological polar surface area (TPSA) is 79.7 Å². The number of benzene rings is 1. The summed E-state index contributed by atoms with van der Waals surface area (Å²) < 4.78 is 5.37. The number of hydrogen-bond acceptors (Lipinski definition) is 4. The Kier molecular flexibility index (Phi) is 4.88. The highest BCUT2D eigenvalue weighted by Gasteiger charge is 2.41. The van der Waals surface area contributed by atoms with Crippen molar-refractivity contribution >= 4 is 22.9 Å². The van der Waals surface area contributed by atoms with Crippen molar-refractivity contribution in [3.63, 3.8) is 0 Å². The molecule has 1 aliphatic heterocycles. The predicted molar refractivity (Wildman–Crippen MR) is 96.1 cm³/mol. The van der Waals surface area contributed by atoms with Crippen molar-refractivity contribution in [1.29, 1.82) is 0 Å². The lowest BCUT2D eigenvalue weighted by molar-refractivity contribution is -0.147. The van der Waals surface area contributed by atoms with Gasteiger partial charge in [-0.2, -0.15) is 0 Å². The van der Waals surface area contributed by atoms with Gasteiger partial charge in [0.1, 0.15) is 0 Å². The van der Waals surface area contributed by atoms with Gasteiger partial charge < -0.3 is 14.9 Å². The quantitative estimate of drug-likeness (QED) is 0.871. The van der Waals surface area contributed by atoms with E-state index in [-0.39, 0.29) is 5.92 Å². The first-order valence-corrected chi connectivity index (χ1v) is 8.49. The Bertz CT molecular complexity index is 808. The first-order chi connectivity index (χ1) is 11.9. The molecule has 2 aromatic rings. The summed E-state index contributed by atoms with van der Waals surface area (Å²) in [4.78, 5) is 16.3. The molecule has 0 bridgehead atoms. The highest BCUT2D eigenvalue weighted by molar-refractivity contribution is 5.82. The van der Waals surface area contributed by atoms with Crippen LogP contribution in [-0.4, -0.2) is 34.4 Å². The molecule has 1 aromatic carbocycles. The minimum atomic E-state index is -0.958. The van der Waals surface area contributed by atoms with Crippen LogP contribution in [0.3, 0.4) is 0 Å². The number of aromatic nitrogens is 1. The number of carboxylic acids is 1. The molecule has 1 aliphatic rings. The minimum Gasteiger partial charge on any atom is -0.481 e. The van der Waals surface area contributed by atoms with E-state index in [1.54, 1.807) is 19.9 Å². The molecule has 1 fully saturated rings. The van der Waals surface area contributed by atoms with Gasteiger partial charge in [0, 0.05) is 17.9 Å². The van der Waals surface area contributed by atoms with Crippen molar-refractivity contribution in [3.8, 4) is 0 Å². The van der Waals surface area contributed by atoms with Gasteiger partial charge in [-0.3, -0.25) is 9.78 Å². The van der Waals surface area contributed by atoms with Crippen LogP contribution in [0.15, 0.2) is 36.4 Å². The number of pyridine rings is 1. The van der Waals surface area contributed by atoms with E-state index in [1.807, 2.05) is 36.4 Å². The van der Waals surface area contributed by atoms with Crippen LogP contribution in [0.5, 0.6) is 0 Å². The van der Waals surface area contributed by atoms with Crippen LogP contribution in [0.4, 0.5) is 0 Å². The monoisotopic (exact) mass is 341 g/mol. The molecule has 0 spiro atoms. The number of aliphatic hydroxyl groups is 1. The maximum absolute atomic E-state index is 11.8. The molecule has 2 unspecified atom stereocenters. The number of fused-ring (bicyclic) bond motifs is 1. The molecule has 25 heavy (non-hydrogen) atoms. The summed E-state index contributed by atoms with van der Waals surface area (Å²) in [5.41, 5.74) is 1.32. The Hall–Kier alpha value is -2.24. The average molecular weight is 341 g/mol. The molecule has 2 N–H and O–H groups in total. The zero-order valence-electron chi connectivity index (χ0n) is 14.5. The normalized spacial score (nSPS) is 21.5. The van der Waals surface area contributed by atoms with E-state index in [9.17, 15) is 15.0 Å². The molecule has 132 valence electrons. The van der Waals surface area contributed by atoms with E-state index in [4.69, 9.17) is 4.74 Å². The predicted octanol–water partition coefficient (Wildman–Crippen LogP) is 3.43. The fourth-order valence-corrected chi connectivity index (χ4v) is 3.15. The minimum absolute atomic E-state index is 0.0262. The number of aliphatic carboxylic acids is 1. The van der Waals surface area contributed by atoms with E-state index in [0.717, 1.165) is 22.9 Å². The van der Waals surface area contributed by atoms with Gasteiger partial charge >= 0.3 is 5.97 Å². The van der Waals surface area contributed by atoms with Gasteiger partial charge in [0.25, 0.3) is 0 Å². The average Bonchev–Trinajstić information content (AvgIpc) is 3.13. The summed E-state index contributed by atoms with van der Waals surface area (Å²) in [6.07, 6.45) is 3.72. The Labute approximate surface area is 147 Å². The molecule has 2 heterocycles. The molecule has 0 radical (unpaired) electrons. The largest absolute Gasteiger partial charge is 0.481 e. The van der Waals surface area contributed by atoms with Crippen LogP contribution in [-0.2, 0) is 9.53 Å². The van der Waals surface area contributed by atoms with Gasteiger partial charge in [0.05, 0.1) is 29.3 Å². The van der Waals surface area contributed by atoms with Gasteiger partial charge in [0.2, 0.25) is 0 Å². The maximum Gasteiger partial charge on any atom is 0.313 e. The SMILES string of the molecule is C[C@@H](O)c1ccc2ccc(C=CC(C)(C(=O)O)C3CCOC3)cc2n1. The smallest absolute Gasteiger partial charge is 0.313 e. The van der Waals surface area contributed by atoms with Crippen molar-refractivity contribution in [2.75, 3.05) is 13.2 Å². The molecule has 3 rings (SSSR count). The number of ether oxygens (including phenoxy) is 1. The van der Waals surface area contributed by atoms with Crippen LogP contribution in [0.2, 0.25) is 0 Å². The second kappa shape index (κ2) is 6.94. The van der Waals surface area contributed by atoms with Gasteiger partial charge in [-0.25, -0.2) is 0 Å². The van der Waals surface area contributed by atoms with E-state index in [2.05, 4.69) is 4.98 Å². The van der Waals surface area contributed by atoms with Crippen molar-refractivity contribution in [3.05, 3.63) is 47.7 Å². The fraction of sp³-hybridized carbons (Fsp3) is 0.400. The van der Waals surface area contributed by atoms with E-state index >= 15 is 0 Å². The number of hydrogen-bond donors (Lipinski definition) is 2. The lowest BCUT2D eigenvalue weighted by Crippen LogP contribution is -2.34. The number of carbonyl (C=O) groups is 1. The van der Waals surface area contributed by atoms with E-state index < -0.39 is 17.5 Å². The van der Waals surface area contributed by atoms with Gasteiger partial charge in [-0.05, 0) is 38.0 Å². The molecular formula is C20H23NO4. The van der Waals surface area contributed by atoms with E-state index in [1.165, 1.54) is 0 Å². The third-order valence-corrected chi connectivity index (χ3v) is 5.03. The number of aliphatic hydroxyl groups excluding tert-OH is 1. The van der Waals surface area contributed by atoms with Gasteiger partial charge in [0.15, 0.2) is 0 Å². The molecule has 1 saturated heterocycles. The summed E-state index contributed by atoms with van der Waals surface area (Å²) in [6, 6.07) is 9.53. The third-order valence-electron chi connectivity index (χ3n) is 5.03. The molecule has 0 saturated carbocycles. The second-order valence-electron chi connectivity index (χ2n) is 6.85. The maximum atomic E-state index is 11.8. The van der Waals surface area contributed by atoms with Crippen molar-refractivity contribution in [2.24, 2.45) is 11.3 Å². The number of carboxylic acid groups (broad SMARTS) is 1. The summed E-state index contributed by atoms with van der Waals surface area (Å²) in [7, 11) is 0. The molecule has 3 atom stereocenters. The number of nitrogens with zero attached hydrogens (tertiary/aromatic N) is 1. The Morgan fingerprint density at radius 3 is 2.80 bits per heavy atom. The van der Waals surface area contributed by atoms with Crippen LogP contribution >= 0.6 is 0 Å². The lowest BCUT2D eigenvalue weighted by atomic mass is 9.76. The van der Waals surface area contributed by atoms with Crippen LogP contribution in [0.25, 0.3) is 17.0 Å². The second-order valence-corrected chi connectivity index (χ2v) is 6.85. The summed E-state index contributed by atoms with van der Waals surface area (Å²) >= 11 is 0. The van der Waals surface area contributed by atoms with Crippen LogP contribution < -0.4 is 0 Å². The third kappa shape index (κ3) is 3.57. The molecule has 1 aromatic heterocycles. The highest BCUT2D eigenvalue weighted by atomic mass is 16.5. The van der Waals surface area contributed by atoms with Gasteiger partial charge in [-0.15, -0.1) is 0 Å². The number of rotatable bonds is 5. The highest BCUT2D eigenvalue weighted by Crippen LogP contribution is 2.36. The molecular weight excluding hydrogens is 318 g/mol. The zero-order valence-corrected chi connectivity index (χ0v) is 14.5. The van der Waals surface area contributed by atoms with Crippen molar-refractivity contribution < 1.29 is 19.7 Å². The molecule has 5 heteroatoms. The molecule has 0 aliphatic carbocycles. The van der Waals surface area contributed by atoms with Gasteiger partial charge in [-0.1, -0.05) is 30.4 Å².